The molecule has 1 N–H and O–H groups in total. The number of halogens is 1. The molecule has 0 fully saturated rings. The second kappa shape index (κ2) is 6.92. The highest BCUT2D eigenvalue weighted by Crippen LogP contribution is 2.22. The van der Waals surface area contributed by atoms with E-state index in [4.69, 9.17) is 8.83 Å². The van der Waals surface area contributed by atoms with Gasteiger partial charge in [-0.2, -0.15) is 0 Å². The highest BCUT2D eigenvalue weighted by atomic mass is 19.1. The van der Waals surface area contributed by atoms with Crippen molar-refractivity contribution in [3.8, 4) is 0 Å². The summed E-state index contributed by atoms with van der Waals surface area (Å²) < 4.78 is 26.0. The third kappa shape index (κ3) is 3.26. The van der Waals surface area contributed by atoms with Crippen LogP contribution in [0.3, 0.4) is 0 Å². The molecule has 0 saturated heterocycles. The molecule has 6 heteroatoms. The highest BCUT2D eigenvalue weighted by Gasteiger charge is 2.17. The third-order valence-electron chi connectivity index (χ3n) is 4.22. The summed E-state index contributed by atoms with van der Waals surface area (Å²) in [4.78, 5) is 12.6. The van der Waals surface area contributed by atoms with Crippen molar-refractivity contribution in [3.05, 3.63) is 83.9 Å². The van der Waals surface area contributed by atoms with Crippen molar-refractivity contribution < 1.29 is 18.0 Å². The van der Waals surface area contributed by atoms with Gasteiger partial charge in [-0.15, -0.1) is 0 Å². The van der Waals surface area contributed by atoms with Crippen LogP contribution in [0.4, 0.5) is 4.39 Å². The number of hydrogen-bond donors (Lipinski definition) is 1. The largest absolute Gasteiger partial charge is 0.469 e. The van der Waals surface area contributed by atoms with Crippen molar-refractivity contribution in [1.29, 1.82) is 0 Å². The molecule has 0 atom stereocenters. The minimum Gasteiger partial charge on any atom is -0.469 e. The Morgan fingerprint density at radius 1 is 1.08 bits per heavy atom. The van der Waals surface area contributed by atoms with Crippen LogP contribution in [0, 0.1) is 5.82 Å². The van der Waals surface area contributed by atoms with Crippen molar-refractivity contribution in [3.63, 3.8) is 0 Å². The lowest BCUT2D eigenvalue weighted by atomic mass is 10.2. The van der Waals surface area contributed by atoms with E-state index in [1.165, 1.54) is 12.1 Å². The monoisotopic (exact) mass is 352 g/mol. The summed E-state index contributed by atoms with van der Waals surface area (Å²) in [6.45, 7) is 0.834. The number of hydrogen-bond acceptors (Lipinski definition) is 3. The molecule has 3 heterocycles. The van der Waals surface area contributed by atoms with Gasteiger partial charge in [-0.05, 0) is 29.8 Å². The van der Waals surface area contributed by atoms with E-state index in [1.807, 2.05) is 22.8 Å². The molecule has 26 heavy (non-hydrogen) atoms. The highest BCUT2D eigenvalue weighted by molar-refractivity contribution is 5.97. The molecule has 1 amide bonds. The van der Waals surface area contributed by atoms with Gasteiger partial charge in [0.25, 0.3) is 5.91 Å². The molecule has 3 aromatic heterocycles. The Morgan fingerprint density at radius 3 is 2.81 bits per heavy atom. The van der Waals surface area contributed by atoms with Crippen LogP contribution in [-0.2, 0) is 13.0 Å². The van der Waals surface area contributed by atoms with E-state index in [0.29, 0.717) is 30.8 Å². The summed E-state index contributed by atoms with van der Waals surface area (Å²) >= 11 is 0. The van der Waals surface area contributed by atoms with Gasteiger partial charge in [-0.3, -0.25) is 4.79 Å². The van der Waals surface area contributed by atoms with Crippen LogP contribution in [0.15, 0.2) is 69.9 Å². The summed E-state index contributed by atoms with van der Waals surface area (Å²) in [5.74, 6) is 0.302. The number of amides is 1. The fourth-order valence-corrected chi connectivity index (χ4v) is 3.00. The molecule has 0 aliphatic rings. The summed E-state index contributed by atoms with van der Waals surface area (Å²) in [6, 6.07) is 13.5. The first-order valence-corrected chi connectivity index (χ1v) is 8.32. The quantitative estimate of drug-likeness (QED) is 0.571. The standard InChI is InChI=1S/C20H17FN2O3/c21-15-4-1-3-14(11-15)13-23-17-7-10-26-19(17)12-18(23)20(24)22-8-6-16-5-2-9-25-16/h1-5,7,9-12H,6,8,13H2,(H,22,24). The van der Waals surface area contributed by atoms with Crippen LogP contribution in [0.1, 0.15) is 21.8 Å². The molecule has 4 rings (SSSR count). The van der Waals surface area contributed by atoms with Gasteiger partial charge < -0.3 is 18.7 Å². The normalized spacial score (nSPS) is 11.1. The SMILES string of the molecule is O=C(NCCc1ccco1)c1cc2occc2n1Cc1cccc(F)c1. The molecule has 4 aromatic rings. The molecule has 0 bridgehead atoms. The van der Waals surface area contributed by atoms with E-state index in [0.717, 1.165) is 16.8 Å². The molecule has 5 nitrogen and oxygen atoms in total. The van der Waals surface area contributed by atoms with Gasteiger partial charge in [0.2, 0.25) is 0 Å². The zero-order valence-corrected chi connectivity index (χ0v) is 13.9. The van der Waals surface area contributed by atoms with Gasteiger partial charge in [0.15, 0.2) is 5.58 Å². The van der Waals surface area contributed by atoms with Crippen LogP contribution in [0.25, 0.3) is 11.1 Å². The Kier molecular flexibility index (Phi) is 4.31. The van der Waals surface area contributed by atoms with Gasteiger partial charge in [0.05, 0.1) is 18.0 Å². The Balaban J connectivity index is 1.56. The Hall–Kier alpha value is -3.28. The van der Waals surface area contributed by atoms with Crippen LogP contribution < -0.4 is 5.32 Å². The lowest BCUT2D eigenvalue weighted by Gasteiger charge is -2.10. The van der Waals surface area contributed by atoms with Gasteiger partial charge in [0, 0.05) is 31.6 Å². The number of fused-ring (bicyclic) bond motifs is 1. The molecule has 0 aliphatic heterocycles. The van der Waals surface area contributed by atoms with E-state index in [-0.39, 0.29) is 11.7 Å². The summed E-state index contributed by atoms with van der Waals surface area (Å²) in [7, 11) is 0. The molecule has 132 valence electrons. The summed E-state index contributed by atoms with van der Waals surface area (Å²) in [6.07, 6.45) is 3.79. The predicted molar refractivity (Wildman–Crippen MR) is 94.5 cm³/mol. The van der Waals surface area contributed by atoms with Gasteiger partial charge in [-0.25, -0.2) is 4.39 Å². The van der Waals surface area contributed by atoms with Crippen LogP contribution >= 0.6 is 0 Å². The minimum absolute atomic E-state index is 0.209. The van der Waals surface area contributed by atoms with Crippen molar-refractivity contribution in [2.45, 2.75) is 13.0 Å². The second-order valence-electron chi connectivity index (χ2n) is 6.00. The number of aromatic nitrogens is 1. The van der Waals surface area contributed by atoms with Crippen LogP contribution in [0.5, 0.6) is 0 Å². The zero-order valence-electron chi connectivity index (χ0n) is 13.9. The number of carbonyl (C=O) groups excluding carboxylic acids is 1. The smallest absolute Gasteiger partial charge is 0.268 e. The topological polar surface area (TPSA) is 60.3 Å². The maximum Gasteiger partial charge on any atom is 0.268 e. The molecule has 1 aromatic carbocycles. The summed E-state index contributed by atoms with van der Waals surface area (Å²) in [5, 5.41) is 2.89. The van der Waals surface area contributed by atoms with E-state index in [1.54, 1.807) is 30.7 Å². The number of nitrogens with one attached hydrogen (secondary N) is 1. The van der Waals surface area contributed by atoms with Crippen LogP contribution in [0.2, 0.25) is 0 Å². The van der Waals surface area contributed by atoms with E-state index < -0.39 is 0 Å². The fourth-order valence-electron chi connectivity index (χ4n) is 3.00. The lowest BCUT2D eigenvalue weighted by Crippen LogP contribution is -2.28. The maximum absolute atomic E-state index is 13.5. The van der Waals surface area contributed by atoms with E-state index in [9.17, 15) is 9.18 Å². The average molecular weight is 352 g/mol. The van der Waals surface area contributed by atoms with Gasteiger partial charge in [0.1, 0.15) is 17.3 Å². The molecule has 0 aliphatic carbocycles. The van der Waals surface area contributed by atoms with E-state index in [2.05, 4.69) is 5.32 Å². The molecule has 0 unspecified atom stereocenters. The zero-order chi connectivity index (χ0) is 17.9. The first-order valence-electron chi connectivity index (χ1n) is 8.32. The molecule has 0 radical (unpaired) electrons. The van der Waals surface area contributed by atoms with E-state index >= 15 is 0 Å². The number of nitrogens with zero attached hydrogens (tertiary/aromatic N) is 1. The Morgan fingerprint density at radius 2 is 2.00 bits per heavy atom. The number of benzene rings is 1. The molecule has 0 spiro atoms. The lowest BCUT2D eigenvalue weighted by molar-refractivity contribution is 0.0945. The molecular weight excluding hydrogens is 335 g/mol. The maximum atomic E-state index is 13.5. The first kappa shape index (κ1) is 16.2. The first-order chi connectivity index (χ1) is 12.7. The van der Waals surface area contributed by atoms with Crippen molar-refractivity contribution >= 4 is 17.0 Å². The third-order valence-corrected chi connectivity index (χ3v) is 4.22. The van der Waals surface area contributed by atoms with Crippen molar-refractivity contribution in [2.24, 2.45) is 0 Å². The Bertz CT molecular complexity index is 1030. The number of rotatable bonds is 6. The van der Waals surface area contributed by atoms with Gasteiger partial charge in [-0.1, -0.05) is 12.1 Å². The molecular formula is C20H17FN2O3. The number of carbonyl (C=O) groups is 1. The van der Waals surface area contributed by atoms with Crippen LogP contribution in [-0.4, -0.2) is 17.0 Å². The predicted octanol–water partition coefficient (Wildman–Crippen LogP) is 3.99. The van der Waals surface area contributed by atoms with Crippen molar-refractivity contribution in [1.82, 2.24) is 9.88 Å². The van der Waals surface area contributed by atoms with Crippen molar-refractivity contribution in [2.75, 3.05) is 6.54 Å². The molecule has 0 saturated carbocycles. The Labute approximate surface area is 149 Å². The average Bonchev–Trinajstić information content (AvgIpc) is 3.34. The van der Waals surface area contributed by atoms with Gasteiger partial charge >= 0.3 is 0 Å². The second-order valence-corrected chi connectivity index (χ2v) is 6.00. The fraction of sp³-hybridized carbons (Fsp3) is 0.150. The number of furan rings is 2. The summed E-state index contributed by atoms with van der Waals surface area (Å²) in [5.41, 5.74) is 2.67. The minimum atomic E-state index is -0.303.